The van der Waals surface area contributed by atoms with E-state index in [9.17, 15) is 0 Å². The Morgan fingerprint density at radius 3 is 1.38 bits per heavy atom. The average molecular weight is 182 g/mol. The van der Waals surface area contributed by atoms with E-state index in [4.69, 9.17) is 9.47 Å². The van der Waals surface area contributed by atoms with Gasteiger partial charge >= 0.3 is 0 Å². The highest BCUT2D eigenvalue weighted by Gasteiger charge is 2.41. The molecule has 0 aromatic heterocycles. The van der Waals surface area contributed by atoms with Crippen molar-refractivity contribution in [1.82, 2.24) is 0 Å². The molecular formula is C11H18O2. The molecule has 1 saturated carbocycles. The fraction of sp³-hybridized carbons (Fsp3) is 1.00. The lowest BCUT2D eigenvalue weighted by atomic mass is 10.1. The minimum Gasteiger partial charge on any atom is -0.370 e. The van der Waals surface area contributed by atoms with Gasteiger partial charge in [-0.2, -0.15) is 0 Å². The van der Waals surface area contributed by atoms with Crippen molar-refractivity contribution in [3.8, 4) is 0 Å². The molecule has 0 N–H and O–H groups in total. The van der Waals surface area contributed by atoms with E-state index in [-0.39, 0.29) is 0 Å². The molecule has 0 aromatic carbocycles. The molecule has 0 radical (unpaired) electrons. The van der Waals surface area contributed by atoms with Gasteiger partial charge in [0.15, 0.2) is 0 Å². The fourth-order valence-corrected chi connectivity index (χ4v) is 2.59. The summed E-state index contributed by atoms with van der Waals surface area (Å²) in [5, 5.41) is 0. The third-order valence-electron chi connectivity index (χ3n) is 3.58. The molecule has 2 saturated heterocycles. The summed E-state index contributed by atoms with van der Waals surface area (Å²) in [7, 11) is 0. The van der Waals surface area contributed by atoms with Crippen LogP contribution in [0.2, 0.25) is 0 Å². The van der Waals surface area contributed by atoms with E-state index < -0.39 is 0 Å². The standard InChI is InChI=1S/C11H18O2/c1-2-5-9-11(13-9)7-3-6-10-8(4-1)12-10/h8-11H,1-7H2. The molecule has 0 spiro atoms. The Labute approximate surface area is 79.6 Å². The van der Waals surface area contributed by atoms with Crippen molar-refractivity contribution in [1.29, 1.82) is 0 Å². The summed E-state index contributed by atoms with van der Waals surface area (Å²) in [6.07, 6.45) is 11.6. The normalized spacial score (nSPS) is 49.8. The molecule has 2 nitrogen and oxygen atoms in total. The lowest BCUT2D eigenvalue weighted by Crippen LogP contribution is -1.95. The maximum absolute atomic E-state index is 5.60. The number of rotatable bonds is 0. The molecule has 4 atom stereocenters. The van der Waals surface area contributed by atoms with Crippen molar-refractivity contribution in [3.63, 3.8) is 0 Å². The molecule has 0 aromatic rings. The minimum absolute atomic E-state index is 0.621. The van der Waals surface area contributed by atoms with Crippen molar-refractivity contribution in [2.24, 2.45) is 0 Å². The van der Waals surface area contributed by atoms with Gasteiger partial charge in [-0.3, -0.25) is 0 Å². The zero-order valence-electron chi connectivity index (χ0n) is 8.08. The van der Waals surface area contributed by atoms with Crippen LogP contribution in [0.15, 0.2) is 0 Å². The monoisotopic (exact) mass is 182 g/mol. The van der Waals surface area contributed by atoms with E-state index >= 15 is 0 Å². The van der Waals surface area contributed by atoms with E-state index in [0.29, 0.717) is 24.4 Å². The maximum Gasteiger partial charge on any atom is 0.0841 e. The van der Waals surface area contributed by atoms with Crippen LogP contribution in [0.25, 0.3) is 0 Å². The number of epoxide rings is 2. The lowest BCUT2D eigenvalue weighted by molar-refractivity contribution is 0.342. The third-order valence-corrected chi connectivity index (χ3v) is 3.58. The first kappa shape index (κ1) is 8.25. The predicted molar refractivity (Wildman–Crippen MR) is 49.6 cm³/mol. The molecule has 3 rings (SSSR count). The molecule has 2 heterocycles. The van der Waals surface area contributed by atoms with Crippen LogP contribution in [-0.4, -0.2) is 24.4 Å². The summed E-state index contributed by atoms with van der Waals surface area (Å²) < 4.78 is 11.2. The molecule has 1 aliphatic carbocycles. The quantitative estimate of drug-likeness (QED) is 0.537. The number of ether oxygens (including phenoxy) is 2. The van der Waals surface area contributed by atoms with Crippen molar-refractivity contribution < 1.29 is 9.47 Å². The predicted octanol–water partition coefficient (Wildman–Crippen LogP) is 2.27. The highest BCUT2D eigenvalue weighted by Crippen LogP contribution is 2.37. The Bertz CT molecular complexity index is 173. The minimum atomic E-state index is 0.621. The van der Waals surface area contributed by atoms with Gasteiger partial charge in [0.05, 0.1) is 24.4 Å². The zero-order valence-corrected chi connectivity index (χ0v) is 8.08. The molecule has 3 fully saturated rings. The number of hydrogen-bond acceptors (Lipinski definition) is 2. The number of fused-ring (bicyclic) bond motifs is 2. The van der Waals surface area contributed by atoms with Crippen LogP contribution in [0, 0.1) is 0 Å². The topological polar surface area (TPSA) is 25.1 Å². The molecular weight excluding hydrogens is 164 g/mol. The molecule has 0 amide bonds. The van der Waals surface area contributed by atoms with Crippen LogP contribution >= 0.6 is 0 Å². The Morgan fingerprint density at radius 1 is 0.538 bits per heavy atom. The second kappa shape index (κ2) is 3.25. The van der Waals surface area contributed by atoms with Crippen LogP contribution in [0.4, 0.5) is 0 Å². The molecule has 0 bridgehead atoms. The van der Waals surface area contributed by atoms with E-state index in [2.05, 4.69) is 0 Å². The molecule has 2 heteroatoms. The number of hydrogen-bond donors (Lipinski definition) is 0. The largest absolute Gasteiger partial charge is 0.370 e. The van der Waals surface area contributed by atoms with Gasteiger partial charge < -0.3 is 9.47 Å². The fourth-order valence-electron chi connectivity index (χ4n) is 2.59. The summed E-state index contributed by atoms with van der Waals surface area (Å²) in [6.45, 7) is 0. The summed E-state index contributed by atoms with van der Waals surface area (Å²) in [6, 6.07) is 0. The van der Waals surface area contributed by atoms with Gasteiger partial charge in [-0.15, -0.1) is 0 Å². The lowest BCUT2D eigenvalue weighted by Gasteiger charge is -1.94. The third kappa shape index (κ3) is 1.89. The summed E-state index contributed by atoms with van der Waals surface area (Å²) in [4.78, 5) is 0. The molecule has 2 aliphatic heterocycles. The molecule has 3 aliphatic rings. The van der Waals surface area contributed by atoms with Gasteiger partial charge in [0.25, 0.3) is 0 Å². The van der Waals surface area contributed by atoms with Crippen LogP contribution in [-0.2, 0) is 9.47 Å². The van der Waals surface area contributed by atoms with Crippen molar-refractivity contribution in [2.75, 3.05) is 0 Å². The van der Waals surface area contributed by atoms with Crippen LogP contribution in [0.3, 0.4) is 0 Å². The Balaban J connectivity index is 1.51. The Kier molecular flexibility index (Phi) is 2.06. The first-order chi connectivity index (χ1) is 6.43. The first-order valence-corrected chi connectivity index (χ1v) is 5.74. The van der Waals surface area contributed by atoms with Gasteiger partial charge in [0, 0.05) is 0 Å². The second-order valence-electron chi connectivity index (χ2n) is 4.64. The van der Waals surface area contributed by atoms with Crippen molar-refractivity contribution in [2.45, 2.75) is 69.4 Å². The van der Waals surface area contributed by atoms with Gasteiger partial charge in [-0.1, -0.05) is 12.8 Å². The van der Waals surface area contributed by atoms with E-state index in [0.717, 1.165) is 0 Å². The summed E-state index contributed by atoms with van der Waals surface area (Å²) >= 11 is 0. The Hall–Kier alpha value is -0.0800. The van der Waals surface area contributed by atoms with Crippen LogP contribution < -0.4 is 0 Å². The Morgan fingerprint density at radius 2 is 0.923 bits per heavy atom. The first-order valence-electron chi connectivity index (χ1n) is 5.74. The zero-order chi connectivity index (χ0) is 8.67. The molecule has 74 valence electrons. The SMILES string of the molecule is C1CCC2OC2CCCC2OC2C1. The molecule has 13 heavy (non-hydrogen) atoms. The summed E-state index contributed by atoms with van der Waals surface area (Å²) in [5.74, 6) is 0. The van der Waals surface area contributed by atoms with Gasteiger partial charge in [-0.25, -0.2) is 0 Å². The van der Waals surface area contributed by atoms with Gasteiger partial charge in [0.2, 0.25) is 0 Å². The van der Waals surface area contributed by atoms with Crippen molar-refractivity contribution >= 4 is 0 Å². The van der Waals surface area contributed by atoms with Crippen LogP contribution in [0.5, 0.6) is 0 Å². The highest BCUT2D eigenvalue weighted by atomic mass is 16.6. The second-order valence-corrected chi connectivity index (χ2v) is 4.64. The van der Waals surface area contributed by atoms with E-state index in [1.165, 1.54) is 44.9 Å². The average Bonchev–Trinajstić information content (AvgIpc) is 2.94. The van der Waals surface area contributed by atoms with Gasteiger partial charge in [-0.05, 0) is 32.1 Å². The maximum atomic E-state index is 5.60. The summed E-state index contributed by atoms with van der Waals surface area (Å²) in [5.41, 5.74) is 0. The molecule has 4 unspecified atom stereocenters. The van der Waals surface area contributed by atoms with E-state index in [1.54, 1.807) is 0 Å². The van der Waals surface area contributed by atoms with Crippen LogP contribution in [0.1, 0.15) is 44.9 Å². The van der Waals surface area contributed by atoms with E-state index in [1.807, 2.05) is 0 Å². The van der Waals surface area contributed by atoms with Gasteiger partial charge in [0.1, 0.15) is 0 Å². The highest BCUT2D eigenvalue weighted by molar-refractivity contribution is 4.89. The van der Waals surface area contributed by atoms with Crippen molar-refractivity contribution in [3.05, 3.63) is 0 Å². The smallest absolute Gasteiger partial charge is 0.0841 e.